The number of rotatable bonds is 7. The van der Waals surface area contributed by atoms with E-state index in [0.29, 0.717) is 0 Å². The average molecular weight is 843 g/mol. The third-order valence-electron chi connectivity index (χ3n) is 14.7. The standard InChI is InChI=1S/C64H46N2/c1-63(2)55-29-13-10-28-53(55)62-58(63)31-18-34-61(62)65(47-37-35-43(36-38-47)44-19-17-24-48(41-44)66-59-32-15-11-26-51(59)52-27-12-16-33-60(52)66)49-39-40-57-54(42-49)50-25-9-14-30-56(50)64(57,45-20-5-3-6-21-45)46-22-7-4-8-23-46/h3-42H,1-2H3. The molecule has 0 aliphatic heterocycles. The molecule has 10 aromatic carbocycles. The maximum absolute atomic E-state index is 2.50. The Kier molecular flexibility index (Phi) is 8.51. The maximum atomic E-state index is 2.50. The van der Waals surface area contributed by atoms with Gasteiger partial charge >= 0.3 is 0 Å². The summed E-state index contributed by atoms with van der Waals surface area (Å²) in [5, 5.41) is 2.53. The zero-order chi connectivity index (χ0) is 44.0. The van der Waals surface area contributed by atoms with Gasteiger partial charge in [-0.05, 0) is 116 Å². The Morgan fingerprint density at radius 1 is 0.364 bits per heavy atom. The second kappa shape index (κ2) is 14.7. The van der Waals surface area contributed by atoms with E-state index in [4.69, 9.17) is 0 Å². The van der Waals surface area contributed by atoms with Crippen LogP contribution in [0.4, 0.5) is 17.1 Å². The van der Waals surface area contributed by atoms with E-state index < -0.39 is 5.41 Å². The minimum Gasteiger partial charge on any atom is -0.310 e. The predicted molar refractivity (Wildman–Crippen MR) is 276 cm³/mol. The average Bonchev–Trinajstić information content (AvgIpc) is 3.96. The van der Waals surface area contributed by atoms with Gasteiger partial charge in [-0.25, -0.2) is 0 Å². The van der Waals surface area contributed by atoms with Crippen molar-refractivity contribution in [1.29, 1.82) is 0 Å². The SMILES string of the molecule is CC1(C)c2ccccc2-c2c(N(c3ccc(-c4cccc(-n5c6ccccc6c6ccccc65)c4)cc3)c3ccc4c(c3)-c3ccccc3C4(c3ccccc3)c3ccccc3)cccc21. The van der Waals surface area contributed by atoms with Crippen LogP contribution in [0.1, 0.15) is 47.2 Å². The topological polar surface area (TPSA) is 8.17 Å². The van der Waals surface area contributed by atoms with Crippen molar-refractivity contribution in [3.63, 3.8) is 0 Å². The van der Waals surface area contributed by atoms with Crippen LogP contribution >= 0.6 is 0 Å². The van der Waals surface area contributed by atoms with Gasteiger partial charge in [0.05, 0.1) is 22.1 Å². The minimum atomic E-state index is -0.468. The molecule has 2 heteroatoms. The number of nitrogens with zero attached hydrogens (tertiary/aromatic N) is 2. The normalized spacial score (nSPS) is 13.8. The molecule has 0 spiro atoms. The molecule has 13 rings (SSSR count). The molecule has 0 saturated carbocycles. The van der Waals surface area contributed by atoms with Gasteiger partial charge in [-0.1, -0.05) is 202 Å². The molecule has 66 heavy (non-hydrogen) atoms. The number of hydrogen-bond donors (Lipinski definition) is 0. The fourth-order valence-electron chi connectivity index (χ4n) is 11.8. The Hall–Kier alpha value is -8.20. The zero-order valence-corrected chi connectivity index (χ0v) is 37.0. The Morgan fingerprint density at radius 2 is 0.909 bits per heavy atom. The van der Waals surface area contributed by atoms with Gasteiger partial charge in [0.2, 0.25) is 0 Å². The monoisotopic (exact) mass is 842 g/mol. The van der Waals surface area contributed by atoms with Crippen LogP contribution in [0.15, 0.2) is 243 Å². The molecular formula is C64H46N2. The van der Waals surface area contributed by atoms with Gasteiger partial charge in [0.1, 0.15) is 0 Å². The van der Waals surface area contributed by atoms with Gasteiger partial charge in [-0.2, -0.15) is 0 Å². The molecule has 312 valence electrons. The van der Waals surface area contributed by atoms with Crippen molar-refractivity contribution in [2.45, 2.75) is 24.7 Å². The number of hydrogen-bond acceptors (Lipinski definition) is 1. The first kappa shape index (κ1) is 38.3. The molecule has 0 atom stereocenters. The fraction of sp³-hybridized carbons (Fsp3) is 0.0625. The van der Waals surface area contributed by atoms with Crippen molar-refractivity contribution in [2.24, 2.45) is 0 Å². The zero-order valence-electron chi connectivity index (χ0n) is 37.0. The van der Waals surface area contributed by atoms with Crippen molar-refractivity contribution in [2.75, 3.05) is 4.90 Å². The van der Waals surface area contributed by atoms with Crippen molar-refractivity contribution in [3.8, 4) is 39.1 Å². The van der Waals surface area contributed by atoms with Crippen LogP contribution in [0.5, 0.6) is 0 Å². The van der Waals surface area contributed by atoms with Gasteiger partial charge in [0.25, 0.3) is 0 Å². The highest BCUT2D eigenvalue weighted by molar-refractivity contribution is 6.09. The first-order chi connectivity index (χ1) is 32.5. The summed E-state index contributed by atoms with van der Waals surface area (Å²) in [5.74, 6) is 0. The summed E-state index contributed by atoms with van der Waals surface area (Å²) in [7, 11) is 0. The lowest BCUT2D eigenvalue weighted by Gasteiger charge is -2.34. The maximum Gasteiger partial charge on any atom is 0.0713 e. The quantitative estimate of drug-likeness (QED) is 0.155. The molecular weight excluding hydrogens is 797 g/mol. The van der Waals surface area contributed by atoms with Crippen LogP contribution in [0, 0.1) is 0 Å². The molecule has 2 aliphatic carbocycles. The van der Waals surface area contributed by atoms with E-state index in [2.05, 4.69) is 266 Å². The first-order valence-corrected chi connectivity index (χ1v) is 23.1. The highest BCUT2D eigenvalue weighted by Crippen LogP contribution is 2.58. The molecule has 1 aromatic heterocycles. The fourth-order valence-corrected chi connectivity index (χ4v) is 11.8. The van der Waals surface area contributed by atoms with E-state index in [9.17, 15) is 0 Å². The third-order valence-corrected chi connectivity index (χ3v) is 14.7. The number of aromatic nitrogens is 1. The lowest BCUT2D eigenvalue weighted by Crippen LogP contribution is -2.28. The number of para-hydroxylation sites is 2. The molecule has 0 amide bonds. The molecule has 1 heterocycles. The van der Waals surface area contributed by atoms with Gasteiger partial charge < -0.3 is 9.47 Å². The lowest BCUT2D eigenvalue weighted by atomic mass is 9.68. The summed E-state index contributed by atoms with van der Waals surface area (Å²) >= 11 is 0. The summed E-state index contributed by atoms with van der Waals surface area (Å²) in [4.78, 5) is 2.50. The van der Waals surface area contributed by atoms with E-state index in [-0.39, 0.29) is 5.41 Å². The van der Waals surface area contributed by atoms with E-state index in [1.54, 1.807) is 0 Å². The van der Waals surface area contributed by atoms with E-state index in [0.717, 1.165) is 17.1 Å². The first-order valence-electron chi connectivity index (χ1n) is 23.1. The largest absolute Gasteiger partial charge is 0.310 e. The molecule has 0 unspecified atom stereocenters. The van der Waals surface area contributed by atoms with E-state index in [1.165, 1.54) is 94.3 Å². The number of benzene rings is 10. The van der Waals surface area contributed by atoms with Crippen LogP contribution in [0.3, 0.4) is 0 Å². The van der Waals surface area contributed by atoms with Gasteiger partial charge in [-0.3, -0.25) is 0 Å². The summed E-state index contributed by atoms with van der Waals surface area (Å²) in [6, 6.07) is 90.0. The van der Waals surface area contributed by atoms with Gasteiger partial charge in [0.15, 0.2) is 0 Å². The van der Waals surface area contributed by atoms with Crippen molar-refractivity contribution >= 4 is 38.9 Å². The summed E-state index contributed by atoms with van der Waals surface area (Å²) in [6.07, 6.45) is 0. The Labute approximate surface area is 386 Å². The van der Waals surface area contributed by atoms with Crippen LogP contribution < -0.4 is 4.90 Å². The van der Waals surface area contributed by atoms with Crippen LogP contribution in [-0.2, 0) is 10.8 Å². The van der Waals surface area contributed by atoms with E-state index >= 15 is 0 Å². The van der Waals surface area contributed by atoms with Gasteiger partial charge in [-0.15, -0.1) is 0 Å². The smallest absolute Gasteiger partial charge is 0.0713 e. The Bertz CT molecular complexity index is 3580. The summed E-state index contributed by atoms with van der Waals surface area (Å²) in [5.41, 5.74) is 21.7. The molecule has 0 radical (unpaired) electrons. The second-order valence-corrected chi connectivity index (χ2v) is 18.4. The molecule has 0 bridgehead atoms. The highest BCUT2D eigenvalue weighted by Gasteiger charge is 2.46. The van der Waals surface area contributed by atoms with Crippen LogP contribution in [-0.4, -0.2) is 4.57 Å². The van der Waals surface area contributed by atoms with Crippen LogP contribution in [0.2, 0.25) is 0 Å². The Morgan fingerprint density at radius 3 is 1.61 bits per heavy atom. The van der Waals surface area contributed by atoms with Crippen molar-refractivity contribution in [1.82, 2.24) is 4.57 Å². The second-order valence-electron chi connectivity index (χ2n) is 18.4. The molecule has 0 N–H and O–H groups in total. The molecule has 2 nitrogen and oxygen atoms in total. The number of fused-ring (bicyclic) bond motifs is 9. The summed E-state index contributed by atoms with van der Waals surface area (Å²) in [6.45, 7) is 4.74. The predicted octanol–water partition coefficient (Wildman–Crippen LogP) is 16.6. The third kappa shape index (κ3) is 5.48. The van der Waals surface area contributed by atoms with Crippen molar-refractivity contribution in [3.05, 3.63) is 276 Å². The molecule has 2 aliphatic rings. The Balaban J connectivity index is 0.997. The van der Waals surface area contributed by atoms with Crippen LogP contribution in [0.25, 0.3) is 60.9 Å². The molecule has 0 saturated heterocycles. The lowest BCUT2D eigenvalue weighted by molar-refractivity contribution is 0.660. The highest BCUT2D eigenvalue weighted by atomic mass is 15.1. The molecule has 0 fully saturated rings. The summed E-state index contributed by atoms with van der Waals surface area (Å²) < 4.78 is 2.40. The van der Waals surface area contributed by atoms with Gasteiger partial charge in [0, 0.05) is 38.8 Å². The van der Waals surface area contributed by atoms with E-state index in [1.807, 2.05) is 0 Å². The number of anilines is 3. The van der Waals surface area contributed by atoms with Crippen molar-refractivity contribution < 1.29 is 0 Å². The minimum absolute atomic E-state index is 0.138. The molecule has 11 aromatic rings.